The summed E-state index contributed by atoms with van der Waals surface area (Å²) in [6, 6.07) is 10.2. The van der Waals surface area contributed by atoms with Crippen molar-refractivity contribution < 1.29 is 14.6 Å². The van der Waals surface area contributed by atoms with Crippen LogP contribution in [0.15, 0.2) is 30.3 Å². The predicted molar refractivity (Wildman–Crippen MR) is 120 cm³/mol. The Kier molecular flexibility index (Phi) is 7.10. The van der Waals surface area contributed by atoms with E-state index < -0.39 is 6.10 Å². The molecular weight excluding hydrogens is 377 g/mol. The van der Waals surface area contributed by atoms with Gasteiger partial charge in [0.1, 0.15) is 0 Å². The molecule has 1 fully saturated rings. The van der Waals surface area contributed by atoms with Crippen molar-refractivity contribution >= 4 is 31.8 Å². The first-order valence-corrected chi connectivity index (χ1v) is 10.5. The number of hydrogen-bond donors (Lipinski definition) is 4. The number of nitrogens with one attached hydrogen (secondary N) is 3. The molecule has 0 aliphatic carbocycles. The molecule has 7 nitrogen and oxygen atoms in total. The van der Waals surface area contributed by atoms with Crippen LogP contribution in [0.1, 0.15) is 28.3 Å². The molecule has 2 unspecified atom stereocenters. The number of hydrogen-bond acceptors (Lipinski definition) is 6. The quantitative estimate of drug-likeness (QED) is 0.510. The summed E-state index contributed by atoms with van der Waals surface area (Å²) >= 11 is 0. The van der Waals surface area contributed by atoms with Gasteiger partial charge in [-0.3, -0.25) is 0 Å². The Balaban J connectivity index is 1.26. The molecule has 0 saturated carbocycles. The molecule has 0 bridgehead atoms. The zero-order valence-corrected chi connectivity index (χ0v) is 17.3. The van der Waals surface area contributed by atoms with Crippen LogP contribution in [-0.4, -0.2) is 74.9 Å². The molecule has 0 spiro atoms. The van der Waals surface area contributed by atoms with Crippen LogP contribution in [-0.2, 0) is 17.8 Å². The summed E-state index contributed by atoms with van der Waals surface area (Å²) in [6.07, 6.45) is -0.514. The summed E-state index contributed by atoms with van der Waals surface area (Å²) in [7, 11) is 0. The van der Waals surface area contributed by atoms with Gasteiger partial charge in [-0.15, -0.1) is 0 Å². The number of fused-ring (bicyclic) bond motifs is 1. The number of rotatable bonds is 7. The van der Waals surface area contributed by atoms with E-state index in [1.165, 1.54) is 11.1 Å². The van der Waals surface area contributed by atoms with E-state index in [2.05, 4.69) is 39.9 Å². The van der Waals surface area contributed by atoms with Crippen LogP contribution < -0.4 is 16.0 Å². The number of carbonyl (C=O) groups is 1. The van der Waals surface area contributed by atoms with Crippen LogP contribution in [0.2, 0.25) is 0 Å². The molecule has 2 aliphatic heterocycles. The Morgan fingerprint density at radius 2 is 2.10 bits per heavy atom. The minimum absolute atomic E-state index is 0.100. The molecule has 0 radical (unpaired) electrons. The standard InChI is InChI=1S/C20H27B3N4O3/c1-13-11-30-12-25-19(13)26-18-6-17(21-23-22-18)20(29)24-7-16(28)10-27-8-14-4-2-3-5-15(14)9-27/h2-6,13,16,19,25-26,28H,7-12H2,1H3,(H,24,29)/t13?,16-,19?/m0/s1. The zero-order valence-electron chi connectivity index (χ0n) is 17.3. The average molecular weight is 404 g/mol. The number of aliphatic hydroxyl groups is 1. The molecule has 2 aromatic rings. The van der Waals surface area contributed by atoms with Gasteiger partial charge in [0.05, 0.1) is 0 Å². The second-order valence-electron chi connectivity index (χ2n) is 8.20. The SMILES string of the molecule is CC1COCNC1Nc1bbbc(C(=O)NC[C@H](O)CN2Cc3ccccc3C2)c1. The number of benzene rings is 1. The zero-order chi connectivity index (χ0) is 20.9. The van der Waals surface area contributed by atoms with Gasteiger partial charge in [-0.25, -0.2) is 0 Å². The minimum atomic E-state index is -0.614. The van der Waals surface area contributed by atoms with Gasteiger partial charge in [0.15, 0.2) is 0 Å². The third kappa shape index (κ3) is 5.43. The predicted octanol–water partition coefficient (Wildman–Crippen LogP) is -0.241. The van der Waals surface area contributed by atoms with Crippen LogP contribution in [0.5, 0.6) is 0 Å². The number of anilines is 1. The van der Waals surface area contributed by atoms with E-state index in [0.29, 0.717) is 31.3 Å². The van der Waals surface area contributed by atoms with E-state index in [0.717, 1.165) is 18.7 Å². The fraction of sp³-hybridized carbons (Fsp3) is 0.500. The molecule has 10 heteroatoms. The number of carbonyl (C=O) groups excluding carboxylic acids is 1. The maximum absolute atomic E-state index is 12.6. The van der Waals surface area contributed by atoms with E-state index >= 15 is 0 Å². The number of aliphatic hydroxyl groups excluding tert-OH is 1. The molecule has 4 rings (SSSR count). The summed E-state index contributed by atoms with van der Waals surface area (Å²) < 4.78 is 5.39. The summed E-state index contributed by atoms with van der Waals surface area (Å²) in [5.41, 5.74) is 4.07. The number of ether oxygens (including phenoxy) is 1. The van der Waals surface area contributed by atoms with Gasteiger partial charge in [0, 0.05) is 0 Å². The van der Waals surface area contributed by atoms with Crippen molar-refractivity contribution in [2.75, 3.05) is 31.7 Å². The van der Waals surface area contributed by atoms with Gasteiger partial charge in [-0.2, -0.15) is 0 Å². The third-order valence-electron chi connectivity index (χ3n) is 5.68. The Morgan fingerprint density at radius 1 is 1.33 bits per heavy atom. The number of β-amino-alcohol motifs (C(OH)–C–C–N with tert-alkyl or cyclic N) is 1. The Bertz CT molecular complexity index is 863. The Labute approximate surface area is 179 Å². The van der Waals surface area contributed by atoms with Gasteiger partial charge >= 0.3 is 179 Å². The summed E-state index contributed by atoms with van der Waals surface area (Å²) in [6.45, 7) is 11.4. The van der Waals surface area contributed by atoms with Gasteiger partial charge in [-0.05, 0) is 0 Å². The van der Waals surface area contributed by atoms with Crippen LogP contribution >= 0.6 is 0 Å². The van der Waals surface area contributed by atoms with Crippen LogP contribution in [0.4, 0.5) is 5.58 Å². The van der Waals surface area contributed by atoms with Crippen molar-refractivity contribution in [3.8, 4) is 0 Å². The molecule has 1 aromatic carbocycles. The van der Waals surface area contributed by atoms with Crippen molar-refractivity contribution in [2.24, 2.45) is 5.92 Å². The fourth-order valence-corrected chi connectivity index (χ4v) is 4.02. The second-order valence-corrected chi connectivity index (χ2v) is 8.20. The molecule has 2 aliphatic rings. The average Bonchev–Trinajstić information content (AvgIpc) is 3.16. The normalized spacial score (nSPS) is 21.9. The van der Waals surface area contributed by atoms with Gasteiger partial charge in [-0.1, -0.05) is 0 Å². The van der Waals surface area contributed by atoms with E-state index in [9.17, 15) is 9.90 Å². The molecule has 1 aromatic heterocycles. The fourth-order valence-electron chi connectivity index (χ4n) is 4.02. The Hall–Kier alpha value is -1.87. The van der Waals surface area contributed by atoms with Gasteiger partial charge < -0.3 is 0 Å². The molecule has 1 saturated heterocycles. The van der Waals surface area contributed by atoms with Crippen LogP contribution in [0.3, 0.4) is 0 Å². The van der Waals surface area contributed by atoms with Crippen LogP contribution in [0, 0.1) is 5.92 Å². The van der Waals surface area contributed by atoms with E-state index in [4.69, 9.17) is 4.74 Å². The number of nitrogens with zero attached hydrogens (tertiary/aromatic N) is 1. The van der Waals surface area contributed by atoms with Crippen molar-refractivity contribution in [2.45, 2.75) is 32.3 Å². The second kappa shape index (κ2) is 9.96. The summed E-state index contributed by atoms with van der Waals surface area (Å²) in [4.78, 5) is 14.8. The molecule has 4 N–H and O–H groups in total. The van der Waals surface area contributed by atoms with Crippen molar-refractivity contribution in [1.29, 1.82) is 0 Å². The molecule has 3 heterocycles. The van der Waals surface area contributed by atoms with Crippen molar-refractivity contribution in [1.82, 2.24) is 15.5 Å². The summed E-state index contributed by atoms with van der Waals surface area (Å²) in [5, 5.41) is 19.9. The Morgan fingerprint density at radius 3 is 2.83 bits per heavy atom. The van der Waals surface area contributed by atoms with Gasteiger partial charge in [0.25, 0.3) is 0 Å². The summed E-state index contributed by atoms with van der Waals surface area (Å²) in [5.74, 6) is 0.137. The number of amides is 1. The van der Waals surface area contributed by atoms with E-state index in [1.54, 1.807) is 6.80 Å². The first-order valence-electron chi connectivity index (χ1n) is 10.5. The van der Waals surface area contributed by atoms with E-state index in [1.807, 2.05) is 31.7 Å². The first kappa shape index (κ1) is 21.4. The molecular formula is C20H27B3N4O3. The van der Waals surface area contributed by atoms with E-state index in [-0.39, 0.29) is 18.6 Å². The van der Waals surface area contributed by atoms with Crippen molar-refractivity contribution in [3.63, 3.8) is 0 Å². The topological polar surface area (TPSA) is 85.9 Å². The van der Waals surface area contributed by atoms with Gasteiger partial charge in [0.2, 0.25) is 0 Å². The molecule has 30 heavy (non-hydrogen) atoms. The monoisotopic (exact) mass is 404 g/mol. The third-order valence-corrected chi connectivity index (χ3v) is 5.68. The molecule has 154 valence electrons. The maximum atomic E-state index is 12.6. The first-order chi connectivity index (χ1) is 14.6. The molecule has 3 atom stereocenters. The molecule has 1 amide bonds. The van der Waals surface area contributed by atoms with Crippen molar-refractivity contribution in [3.05, 3.63) is 46.9 Å². The van der Waals surface area contributed by atoms with Crippen LogP contribution in [0.25, 0.3) is 0 Å².